The molecule has 0 saturated carbocycles. The van der Waals surface area contributed by atoms with Gasteiger partial charge in [-0.05, 0) is 19.9 Å². The summed E-state index contributed by atoms with van der Waals surface area (Å²) in [7, 11) is -4.60. The van der Waals surface area contributed by atoms with Gasteiger partial charge in [-0.3, -0.25) is 4.79 Å². The first kappa shape index (κ1) is 16.8. The number of nitrogens with zero attached hydrogens (tertiary/aromatic N) is 1. The van der Waals surface area contributed by atoms with Crippen molar-refractivity contribution >= 4 is 27.5 Å². The molecule has 1 rings (SSSR count). The van der Waals surface area contributed by atoms with Gasteiger partial charge in [-0.1, -0.05) is 11.6 Å². The van der Waals surface area contributed by atoms with Crippen LogP contribution in [0.25, 0.3) is 0 Å². The quantitative estimate of drug-likeness (QED) is 0.856. The molecule has 0 saturated heterocycles. The number of rotatable bonds is 4. The number of hydrogen-bond donors (Lipinski definition) is 1. The number of carbonyl (C=O) groups is 1. The van der Waals surface area contributed by atoms with Gasteiger partial charge in [0.25, 0.3) is 5.91 Å². The van der Waals surface area contributed by atoms with Crippen molar-refractivity contribution in [2.24, 2.45) is 5.14 Å². The van der Waals surface area contributed by atoms with E-state index in [4.69, 9.17) is 16.7 Å². The third kappa shape index (κ3) is 3.08. The molecular formula is C11H13ClF2N2O3S. The molecule has 1 aromatic rings. The van der Waals surface area contributed by atoms with E-state index in [0.717, 1.165) is 0 Å². The lowest BCUT2D eigenvalue weighted by atomic mass is 10.2. The van der Waals surface area contributed by atoms with Crippen molar-refractivity contribution in [3.63, 3.8) is 0 Å². The molecular weight excluding hydrogens is 314 g/mol. The first-order valence-electron chi connectivity index (χ1n) is 5.64. The highest BCUT2D eigenvalue weighted by Gasteiger charge is 2.29. The maximum Gasteiger partial charge on any atom is 0.255 e. The standard InChI is InChI=1S/C11H13ClF2N2O3S/c1-3-16(4-2)11(17)6-5-7(13)9(14)10(8(6)12)20(15,18)19/h5H,3-4H2,1-2H3,(H2,15,18,19). The zero-order valence-corrected chi connectivity index (χ0v) is 12.4. The molecule has 0 unspecified atom stereocenters. The van der Waals surface area contributed by atoms with Crippen molar-refractivity contribution in [1.29, 1.82) is 0 Å². The van der Waals surface area contributed by atoms with E-state index in [0.29, 0.717) is 19.2 Å². The number of benzene rings is 1. The van der Waals surface area contributed by atoms with E-state index in [1.54, 1.807) is 13.8 Å². The lowest BCUT2D eigenvalue weighted by Gasteiger charge is -2.20. The van der Waals surface area contributed by atoms with Crippen molar-refractivity contribution in [2.45, 2.75) is 18.7 Å². The third-order valence-corrected chi connectivity index (χ3v) is 4.14. The van der Waals surface area contributed by atoms with Crippen molar-refractivity contribution in [3.05, 3.63) is 28.3 Å². The molecule has 0 aliphatic rings. The highest BCUT2D eigenvalue weighted by Crippen LogP contribution is 2.30. The molecule has 112 valence electrons. The first-order chi connectivity index (χ1) is 9.15. The average molecular weight is 327 g/mol. The Morgan fingerprint density at radius 3 is 2.25 bits per heavy atom. The molecule has 0 aromatic heterocycles. The summed E-state index contributed by atoms with van der Waals surface area (Å²) in [6, 6.07) is 0.562. The minimum atomic E-state index is -4.60. The monoisotopic (exact) mass is 326 g/mol. The van der Waals surface area contributed by atoms with Crippen molar-refractivity contribution in [1.82, 2.24) is 4.90 Å². The van der Waals surface area contributed by atoms with Crippen LogP contribution in [0.5, 0.6) is 0 Å². The summed E-state index contributed by atoms with van der Waals surface area (Å²) in [5.41, 5.74) is -0.446. The molecule has 2 N–H and O–H groups in total. The Bertz CT molecular complexity index is 646. The van der Waals surface area contributed by atoms with E-state index < -0.39 is 43.0 Å². The van der Waals surface area contributed by atoms with Gasteiger partial charge in [0.1, 0.15) is 4.90 Å². The van der Waals surface area contributed by atoms with Gasteiger partial charge in [0.2, 0.25) is 10.0 Å². The molecule has 1 amide bonds. The molecule has 0 radical (unpaired) electrons. The van der Waals surface area contributed by atoms with Crippen LogP contribution in [0.1, 0.15) is 24.2 Å². The van der Waals surface area contributed by atoms with Gasteiger partial charge in [-0.25, -0.2) is 22.3 Å². The number of nitrogens with two attached hydrogens (primary N) is 1. The zero-order valence-electron chi connectivity index (χ0n) is 10.8. The molecule has 0 aliphatic carbocycles. The Morgan fingerprint density at radius 1 is 1.35 bits per heavy atom. The molecule has 0 aliphatic heterocycles. The van der Waals surface area contributed by atoms with E-state index in [9.17, 15) is 22.0 Å². The fourth-order valence-electron chi connectivity index (χ4n) is 1.67. The number of amides is 1. The molecule has 5 nitrogen and oxygen atoms in total. The van der Waals surface area contributed by atoms with Gasteiger partial charge in [0.15, 0.2) is 11.6 Å². The maximum absolute atomic E-state index is 13.5. The molecule has 1 aromatic carbocycles. The van der Waals surface area contributed by atoms with Crippen LogP contribution in [0.2, 0.25) is 5.02 Å². The summed E-state index contributed by atoms with van der Waals surface area (Å²) in [5.74, 6) is -3.91. The normalized spacial score (nSPS) is 11.5. The maximum atomic E-state index is 13.5. The molecule has 0 fully saturated rings. The smallest absolute Gasteiger partial charge is 0.255 e. The van der Waals surface area contributed by atoms with Crippen LogP contribution in [0.15, 0.2) is 11.0 Å². The Hall–Kier alpha value is -1.25. The third-order valence-electron chi connectivity index (χ3n) is 2.68. The zero-order chi connectivity index (χ0) is 15.7. The Labute approximate surface area is 120 Å². The van der Waals surface area contributed by atoms with E-state index in [2.05, 4.69) is 0 Å². The van der Waals surface area contributed by atoms with E-state index in [1.807, 2.05) is 0 Å². The Balaban J connectivity index is 3.60. The van der Waals surface area contributed by atoms with Crippen LogP contribution in [0, 0.1) is 11.6 Å². The molecule has 0 spiro atoms. The van der Waals surface area contributed by atoms with Crippen LogP contribution >= 0.6 is 11.6 Å². The number of hydrogen-bond acceptors (Lipinski definition) is 3. The van der Waals surface area contributed by atoms with Gasteiger partial charge >= 0.3 is 0 Å². The second-order valence-corrected chi connectivity index (χ2v) is 5.76. The largest absolute Gasteiger partial charge is 0.339 e. The molecule has 0 atom stereocenters. The second kappa shape index (κ2) is 6.02. The Morgan fingerprint density at radius 2 is 1.85 bits per heavy atom. The predicted octanol–water partition coefficient (Wildman–Crippen LogP) is 1.75. The molecule has 9 heteroatoms. The fourth-order valence-corrected chi connectivity index (χ4v) is 2.92. The highest BCUT2D eigenvalue weighted by atomic mass is 35.5. The topological polar surface area (TPSA) is 80.5 Å². The van der Waals surface area contributed by atoms with Gasteiger partial charge in [0, 0.05) is 13.1 Å². The lowest BCUT2D eigenvalue weighted by molar-refractivity contribution is 0.0772. The van der Waals surface area contributed by atoms with Crippen molar-refractivity contribution in [2.75, 3.05) is 13.1 Å². The second-order valence-electron chi connectivity index (χ2n) is 3.89. The Kier molecular flexibility index (Phi) is 5.06. The van der Waals surface area contributed by atoms with Gasteiger partial charge in [-0.2, -0.15) is 0 Å². The van der Waals surface area contributed by atoms with Crippen LogP contribution in [0.4, 0.5) is 8.78 Å². The minimum absolute atomic E-state index is 0.301. The predicted molar refractivity (Wildman–Crippen MR) is 70.0 cm³/mol. The minimum Gasteiger partial charge on any atom is -0.339 e. The summed E-state index contributed by atoms with van der Waals surface area (Å²) in [4.78, 5) is 12.2. The average Bonchev–Trinajstić information content (AvgIpc) is 2.33. The van der Waals surface area contributed by atoms with Gasteiger partial charge in [-0.15, -0.1) is 0 Å². The first-order valence-corrected chi connectivity index (χ1v) is 7.57. The lowest BCUT2D eigenvalue weighted by Crippen LogP contribution is -2.31. The number of sulfonamides is 1. The van der Waals surface area contributed by atoms with Crippen molar-refractivity contribution < 1.29 is 22.0 Å². The fraction of sp³-hybridized carbons (Fsp3) is 0.364. The summed E-state index contributed by atoms with van der Waals surface area (Å²) >= 11 is 5.71. The summed E-state index contributed by atoms with van der Waals surface area (Å²) in [5, 5.41) is 4.07. The van der Waals surface area contributed by atoms with Crippen LogP contribution in [-0.2, 0) is 10.0 Å². The molecule has 20 heavy (non-hydrogen) atoms. The summed E-state index contributed by atoms with van der Waals surface area (Å²) in [6.07, 6.45) is 0. The summed E-state index contributed by atoms with van der Waals surface area (Å²) < 4.78 is 49.5. The number of halogens is 3. The van der Waals surface area contributed by atoms with Crippen molar-refractivity contribution in [3.8, 4) is 0 Å². The van der Waals surface area contributed by atoms with Gasteiger partial charge in [0.05, 0.1) is 10.6 Å². The SMILES string of the molecule is CCN(CC)C(=O)c1cc(F)c(F)c(S(N)(=O)=O)c1Cl. The van der Waals surface area contributed by atoms with Crippen LogP contribution in [-0.4, -0.2) is 32.3 Å². The number of primary sulfonamides is 1. The highest BCUT2D eigenvalue weighted by molar-refractivity contribution is 7.89. The molecule has 0 bridgehead atoms. The van der Waals surface area contributed by atoms with Crippen LogP contribution in [0.3, 0.4) is 0 Å². The van der Waals surface area contributed by atoms with Gasteiger partial charge < -0.3 is 4.90 Å². The van der Waals surface area contributed by atoms with Crippen LogP contribution < -0.4 is 5.14 Å². The van der Waals surface area contributed by atoms with E-state index >= 15 is 0 Å². The van der Waals surface area contributed by atoms with E-state index in [1.165, 1.54) is 4.90 Å². The molecule has 0 heterocycles. The number of carbonyl (C=O) groups excluding carboxylic acids is 1. The van der Waals surface area contributed by atoms with E-state index in [-0.39, 0.29) is 0 Å². The summed E-state index contributed by atoms with van der Waals surface area (Å²) in [6.45, 7) is 3.95.